The lowest BCUT2D eigenvalue weighted by molar-refractivity contribution is -0.116. The fourth-order valence-corrected chi connectivity index (χ4v) is 2.67. The second-order valence-corrected chi connectivity index (χ2v) is 8.64. The fourth-order valence-electron chi connectivity index (χ4n) is 2.51. The van der Waals surface area contributed by atoms with Crippen LogP contribution in [0.15, 0.2) is 103 Å². The maximum Gasteiger partial charge on any atom is 0.245 e. The van der Waals surface area contributed by atoms with Crippen molar-refractivity contribution in [2.75, 3.05) is 6.54 Å². The van der Waals surface area contributed by atoms with Crippen molar-refractivity contribution in [2.45, 2.75) is 10.2 Å². The lowest BCUT2D eigenvalue weighted by Gasteiger charge is -2.10. The van der Waals surface area contributed by atoms with Crippen LogP contribution in [0.25, 0.3) is 11.1 Å². The number of alkyl halides is 3. The molecule has 0 atom stereocenters. The van der Waals surface area contributed by atoms with Crippen molar-refractivity contribution in [1.29, 1.82) is 0 Å². The predicted molar refractivity (Wildman–Crippen MR) is 133 cm³/mol. The van der Waals surface area contributed by atoms with Crippen molar-refractivity contribution in [3.05, 3.63) is 108 Å². The number of nitrogens with two attached hydrogens (primary N) is 1. The standard InChI is InChI=1S/C12H13Cl3N2O.C12H10.B/c13-12(14,15)10(16)8-11(18)17-7-6-9-4-2-1-3-5-9;1-3-7-11(8-4-1)12-9-5-2-6-10-12;/h1-5,8H,6-7,16H2,(H,17,18);1-10H;/b10-8-;;. The minimum atomic E-state index is -1.75. The molecule has 0 saturated carbocycles. The summed E-state index contributed by atoms with van der Waals surface area (Å²) in [7, 11) is 0. The van der Waals surface area contributed by atoms with E-state index >= 15 is 0 Å². The number of allylic oxidation sites excluding steroid dienone is 1. The van der Waals surface area contributed by atoms with Gasteiger partial charge in [0.2, 0.25) is 9.70 Å². The third-order valence-electron chi connectivity index (χ3n) is 4.05. The molecule has 1 amide bonds. The molecule has 3 N–H and O–H groups in total. The number of halogens is 3. The maximum absolute atomic E-state index is 11.4. The third kappa shape index (κ3) is 10.5. The Hall–Kier alpha value is -2.40. The highest BCUT2D eigenvalue weighted by atomic mass is 35.6. The van der Waals surface area contributed by atoms with E-state index in [2.05, 4.69) is 53.8 Å². The molecule has 0 aliphatic rings. The minimum Gasteiger partial charge on any atom is -0.398 e. The molecule has 3 rings (SSSR count). The largest absolute Gasteiger partial charge is 0.398 e. The van der Waals surface area contributed by atoms with Gasteiger partial charge in [0.05, 0.1) is 5.70 Å². The molecule has 159 valence electrons. The Morgan fingerprint density at radius 2 is 1.23 bits per heavy atom. The van der Waals surface area contributed by atoms with Crippen LogP contribution in [0.4, 0.5) is 0 Å². The molecule has 3 aromatic rings. The van der Waals surface area contributed by atoms with Gasteiger partial charge in [-0.1, -0.05) is 126 Å². The first-order chi connectivity index (χ1) is 14.4. The summed E-state index contributed by atoms with van der Waals surface area (Å²) >= 11 is 16.5. The van der Waals surface area contributed by atoms with Crippen molar-refractivity contribution >= 4 is 49.1 Å². The molecule has 3 nitrogen and oxygen atoms in total. The van der Waals surface area contributed by atoms with Gasteiger partial charge in [-0.15, -0.1) is 0 Å². The van der Waals surface area contributed by atoms with E-state index in [-0.39, 0.29) is 20.0 Å². The average Bonchev–Trinajstić information content (AvgIpc) is 2.75. The first-order valence-corrected chi connectivity index (χ1v) is 10.5. The Morgan fingerprint density at radius 3 is 1.65 bits per heavy atom. The molecule has 31 heavy (non-hydrogen) atoms. The zero-order valence-electron chi connectivity index (χ0n) is 16.8. The normalized spacial score (nSPS) is 10.9. The van der Waals surface area contributed by atoms with Gasteiger partial charge in [-0.25, -0.2) is 0 Å². The lowest BCUT2D eigenvalue weighted by Crippen LogP contribution is -2.26. The minimum absolute atomic E-state index is 0. The molecule has 0 aromatic heterocycles. The Bertz CT molecular complexity index is 894. The zero-order valence-corrected chi connectivity index (χ0v) is 19.1. The van der Waals surface area contributed by atoms with Gasteiger partial charge in [-0.05, 0) is 23.1 Å². The highest BCUT2D eigenvalue weighted by molar-refractivity contribution is 6.69. The van der Waals surface area contributed by atoms with Gasteiger partial charge in [-0.2, -0.15) is 0 Å². The van der Waals surface area contributed by atoms with Crippen LogP contribution in [0, 0.1) is 0 Å². The Balaban J connectivity index is 0.000000321. The topological polar surface area (TPSA) is 55.1 Å². The van der Waals surface area contributed by atoms with Gasteiger partial charge in [0.1, 0.15) is 0 Å². The number of nitrogens with one attached hydrogen (secondary N) is 1. The van der Waals surface area contributed by atoms with Gasteiger partial charge in [0.15, 0.2) is 0 Å². The van der Waals surface area contributed by atoms with E-state index < -0.39 is 3.79 Å². The van der Waals surface area contributed by atoms with Crippen LogP contribution in [0.2, 0.25) is 0 Å². The van der Waals surface area contributed by atoms with Crippen molar-refractivity contribution in [2.24, 2.45) is 5.73 Å². The van der Waals surface area contributed by atoms with E-state index in [4.69, 9.17) is 40.5 Å². The molecule has 0 bridgehead atoms. The molecule has 0 heterocycles. The van der Waals surface area contributed by atoms with E-state index in [0.29, 0.717) is 6.54 Å². The van der Waals surface area contributed by atoms with Crippen molar-refractivity contribution in [3.8, 4) is 11.1 Å². The number of carbonyl (C=O) groups excluding carboxylic acids is 1. The summed E-state index contributed by atoms with van der Waals surface area (Å²) in [5, 5.41) is 2.66. The molecule has 0 unspecified atom stereocenters. The summed E-state index contributed by atoms with van der Waals surface area (Å²) in [5.74, 6) is -0.380. The summed E-state index contributed by atoms with van der Waals surface area (Å²) in [6, 6.07) is 30.6. The van der Waals surface area contributed by atoms with Crippen molar-refractivity contribution in [1.82, 2.24) is 5.32 Å². The van der Waals surface area contributed by atoms with Gasteiger partial charge in [0.25, 0.3) is 0 Å². The Kier molecular flexibility index (Phi) is 11.9. The SMILES string of the molecule is N/C(=C\C(=O)NCCc1ccccc1)C(Cl)(Cl)Cl.[B].c1ccc(-c2ccccc2)cc1. The van der Waals surface area contributed by atoms with Crippen LogP contribution in [0.1, 0.15) is 5.56 Å². The smallest absolute Gasteiger partial charge is 0.245 e. The van der Waals surface area contributed by atoms with Gasteiger partial charge >= 0.3 is 0 Å². The third-order valence-corrected chi connectivity index (χ3v) is 4.71. The van der Waals surface area contributed by atoms with Crippen molar-refractivity contribution in [3.63, 3.8) is 0 Å². The molecular weight excluding hydrogens is 449 g/mol. The fraction of sp³-hybridized carbons (Fsp3) is 0.125. The average molecular weight is 473 g/mol. The van der Waals surface area contributed by atoms with Crippen molar-refractivity contribution < 1.29 is 4.79 Å². The Morgan fingerprint density at radius 1 is 0.806 bits per heavy atom. The quantitative estimate of drug-likeness (QED) is 0.291. The summed E-state index contributed by atoms with van der Waals surface area (Å²) in [6.07, 6.45) is 1.81. The summed E-state index contributed by atoms with van der Waals surface area (Å²) in [4.78, 5) is 11.4. The number of hydrogen-bond donors (Lipinski definition) is 2. The zero-order chi connectivity index (χ0) is 21.8. The molecule has 0 aliphatic carbocycles. The van der Waals surface area contributed by atoms with Gasteiger partial charge in [-0.3, -0.25) is 4.79 Å². The van der Waals surface area contributed by atoms with Gasteiger partial charge < -0.3 is 11.1 Å². The number of benzene rings is 3. The van der Waals surface area contributed by atoms with E-state index in [9.17, 15) is 4.79 Å². The molecule has 3 aromatic carbocycles. The van der Waals surface area contributed by atoms with E-state index in [1.807, 2.05) is 42.5 Å². The lowest BCUT2D eigenvalue weighted by atomic mass is 10.1. The number of amides is 1. The van der Waals surface area contributed by atoms with E-state index in [0.717, 1.165) is 18.1 Å². The summed E-state index contributed by atoms with van der Waals surface area (Å²) < 4.78 is -1.75. The summed E-state index contributed by atoms with van der Waals surface area (Å²) in [5.41, 5.74) is 9.02. The second-order valence-electron chi connectivity index (χ2n) is 6.36. The van der Waals surface area contributed by atoms with Crippen LogP contribution >= 0.6 is 34.8 Å². The molecule has 0 aliphatic heterocycles. The van der Waals surface area contributed by atoms with E-state index in [1.54, 1.807) is 0 Å². The first-order valence-electron chi connectivity index (χ1n) is 9.33. The molecular formula is C24H23BCl3N2O. The Labute approximate surface area is 200 Å². The number of carbonyl (C=O) groups is 1. The second kappa shape index (κ2) is 13.8. The van der Waals surface area contributed by atoms with Crippen LogP contribution in [0.5, 0.6) is 0 Å². The monoisotopic (exact) mass is 471 g/mol. The number of rotatable bonds is 5. The van der Waals surface area contributed by atoms with Gasteiger partial charge in [0, 0.05) is 21.0 Å². The highest BCUT2D eigenvalue weighted by Crippen LogP contribution is 2.31. The molecule has 0 fully saturated rings. The molecule has 0 spiro atoms. The summed E-state index contributed by atoms with van der Waals surface area (Å²) in [6.45, 7) is 0.493. The van der Waals surface area contributed by atoms with Crippen LogP contribution < -0.4 is 11.1 Å². The van der Waals surface area contributed by atoms with Crippen LogP contribution in [-0.4, -0.2) is 24.7 Å². The first kappa shape index (κ1) is 26.6. The highest BCUT2D eigenvalue weighted by Gasteiger charge is 2.23. The van der Waals surface area contributed by atoms with Crippen LogP contribution in [0.3, 0.4) is 0 Å². The molecule has 7 heteroatoms. The molecule has 3 radical (unpaired) electrons. The maximum atomic E-state index is 11.4. The predicted octanol–water partition coefficient (Wildman–Crippen LogP) is 5.53. The molecule has 0 saturated heterocycles. The number of hydrogen-bond acceptors (Lipinski definition) is 2. The van der Waals surface area contributed by atoms with Crippen LogP contribution in [-0.2, 0) is 11.2 Å². The van der Waals surface area contributed by atoms with E-state index in [1.165, 1.54) is 11.1 Å².